The van der Waals surface area contributed by atoms with Gasteiger partial charge in [0, 0.05) is 63.2 Å². The molecule has 6 fully saturated rings. The number of nitrogens with one attached hydrogen (secondary N) is 1. The van der Waals surface area contributed by atoms with Gasteiger partial charge in [0.05, 0.1) is 42.1 Å². The van der Waals surface area contributed by atoms with Crippen LogP contribution in [0.25, 0.3) is 21.8 Å². The molecule has 6 heterocycles. The summed E-state index contributed by atoms with van der Waals surface area (Å²) in [6.07, 6.45) is 8.78. The third-order valence-corrected chi connectivity index (χ3v) is 13.9. The van der Waals surface area contributed by atoms with Crippen LogP contribution < -0.4 is 35.4 Å². The molecule has 6 aliphatic rings. The van der Waals surface area contributed by atoms with Crippen LogP contribution in [0.3, 0.4) is 0 Å². The van der Waals surface area contributed by atoms with Crippen molar-refractivity contribution in [2.75, 3.05) is 70.1 Å². The number of ether oxygens (including phenoxy) is 5. The molecule has 4 aromatic rings. The van der Waals surface area contributed by atoms with Crippen LogP contribution in [0.1, 0.15) is 84.2 Å². The highest BCUT2D eigenvalue weighted by Crippen LogP contribution is 2.47. The number of hydrogen-bond donors (Lipinski definition) is 1. The Morgan fingerprint density at radius 2 is 1.29 bits per heavy atom. The van der Waals surface area contributed by atoms with Crippen LogP contribution in [0.2, 0.25) is 0 Å². The molecule has 4 unspecified atom stereocenters. The number of rotatable bonds is 10. The van der Waals surface area contributed by atoms with E-state index >= 15 is 8.78 Å². The standard InChI is InChI=1S/C45H49F2N6O10/c1-59-41-36-28(15-31(46)37(41)49-16-23-6-4-12-48-33(23)20-49)40(55)30(19-53(36)26-10-11-26)44(57)62-22-63-45(58)51-13-5-7-24-17-50(21-34(24)51)38-32(47)14-27-35(42(38)60-2)52(25-8-9-25)18-29(39(27)54)43(56)61-3/h14-15,18-19,23-26,33-34,48H,3-13,16-17,20-22H2,1-2H3. The first-order valence-electron chi connectivity index (χ1n) is 21.7. The topological polar surface area (TPSA) is 163 Å². The Labute approximate surface area is 360 Å². The van der Waals surface area contributed by atoms with Crippen LogP contribution in [0.15, 0.2) is 34.1 Å². The van der Waals surface area contributed by atoms with Gasteiger partial charge in [-0.25, -0.2) is 23.2 Å². The van der Waals surface area contributed by atoms with Crippen molar-refractivity contribution in [3.8, 4) is 11.5 Å². The van der Waals surface area contributed by atoms with Crippen molar-refractivity contribution in [1.82, 2.24) is 19.4 Å². The van der Waals surface area contributed by atoms with Crippen molar-refractivity contribution in [2.24, 2.45) is 11.8 Å². The van der Waals surface area contributed by atoms with Gasteiger partial charge in [-0.15, -0.1) is 0 Å². The van der Waals surface area contributed by atoms with E-state index in [4.69, 9.17) is 18.9 Å². The monoisotopic (exact) mass is 871 g/mol. The summed E-state index contributed by atoms with van der Waals surface area (Å²) in [7, 11) is 5.99. The molecule has 1 N–H and O–H groups in total. The molecule has 2 aromatic heterocycles. The number of pyridine rings is 2. The molecule has 0 spiro atoms. The van der Waals surface area contributed by atoms with E-state index in [1.54, 1.807) is 18.9 Å². The molecule has 2 aliphatic carbocycles. The second-order valence-corrected chi connectivity index (χ2v) is 17.6. The average molecular weight is 872 g/mol. The fourth-order valence-corrected chi connectivity index (χ4v) is 10.6. The molecule has 1 radical (unpaired) electrons. The molecule has 4 saturated heterocycles. The average Bonchev–Trinajstić information content (AvgIpc) is 4.22. The summed E-state index contributed by atoms with van der Waals surface area (Å²) < 4.78 is 63.1. The number of esters is 2. The van der Waals surface area contributed by atoms with Crippen molar-refractivity contribution in [2.45, 2.75) is 75.5 Å². The van der Waals surface area contributed by atoms with Gasteiger partial charge in [-0.2, -0.15) is 0 Å². The fourth-order valence-electron chi connectivity index (χ4n) is 10.6. The van der Waals surface area contributed by atoms with E-state index in [0.29, 0.717) is 55.2 Å². The lowest BCUT2D eigenvalue weighted by Gasteiger charge is -2.35. The van der Waals surface area contributed by atoms with Gasteiger partial charge in [0.15, 0.2) is 23.1 Å². The first-order chi connectivity index (χ1) is 30.5. The molecule has 2 aromatic carbocycles. The van der Waals surface area contributed by atoms with Gasteiger partial charge >= 0.3 is 18.0 Å². The summed E-state index contributed by atoms with van der Waals surface area (Å²) in [5.41, 5.74) is -0.789. The van der Waals surface area contributed by atoms with E-state index in [-0.39, 0.29) is 69.7 Å². The number of amides is 1. The number of nitrogens with zero attached hydrogens (tertiary/aromatic N) is 5. The molecule has 10 rings (SSSR count). The van der Waals surface area contributed by atoms with E-state index < -0.39 is 53.4 Å². The molecule has 18 heteroatoms. The number of carbonyl (C=O) groups excluding carboxylic acids is 3. The van der Waals surface area contributed by atoms with Crippen LogP contribution in [0, 0.1) is 30.6 Å². The third-order valence-electron chi connectivity index (χ3n) is 13.9. The van der Waals surface area contributed by atoms with Crippen molar-refractivity contribution in [1.29, 1.82) is 0 Å². The number of likely N-dealkylation sites (tertiary alicyclic amines) is 1. The van der Waals surface area contributed by atoms with Gasteiger partial charge in [-0.1, -0.05) is 0 Å². The van der Waals surface area contributed by atoms with Crippen LogP contribution in [0.4, 0.5) is 25.0 Å². The highest BCUT2D eigenvalue weighted by Gasteiger charge is 2.44. The van der Waals surface area contributed by atoms with Crippen LogP contribution in [-0.4, -0.2) is 104 Å². The second-order valence-electron chi connectivity index (χ2n) is 17.6. The maximum Gasteiger partial charge on any atom is 0.412 e. The quantitative estimate of drug-likeness (QED) is 0.162. The molecule has 63 heavy (non-hydrogen) atoms. The summed E-state index contributed by atoms with van der Waals surface area (Å²) in [5.74, 6) is -2.59. The summed E-state index contributed by atoms with van der Waals surface area (Å²) in [4.78, 5) is 72.4. The SMILES string of the molecule is [CH2]OC(=O)c1cn(C2CC2)c2c(OC)c(N3CC4CCCN(C(=O)OCOC(=O)c5cn(C6CC6)c6c(OC)c(N7CC8CCCNC8C7)c(F)cc6c5=O)C4C3)c(F)cc2c1=O. The fraction of sp³-hybridized carbons (Fsp3) is 0.511. The van der Waals surface area contributed by atoms with Crippen molar-refractivity contribution in [3.63, 3.8) is 0 Å². The van der Waals surface area contributed by atoms with Gasteiger partial charge in [0.2, 0.25) is 17.7 Å². The minimum atomic E-state index is -1.02. The van der Waals surface area contributed by atoms with Crippen LogP contribution in [0.5, 0.6) is 11.5 Å². The number of carbonyl (C=O) groups is 3. The molecule has 16 nitrogen and oxygen atoms in total. The molecule has 4 atom stereocenters. The maximum absolute atomic E-state index is 16.3. The van der Waals surface area contributed by atoms with E-state index in [1.807, 2.05) is 4.90 Å². The van der Waals surface area contributed by atoms with Crippen molar-refractivity contribution >= 4 is 51.2 Å². The molecule has 1 amide bonds. The molecule has 4 aliphatic heterocycles. The summed E-state index contributed by atoms with van der Waals surface area (Å²) in [6, 6.07) is 2.08. The zero-order valence-electron chi connectivity index (χ0n) is 35.2. The summed E-state index contributed by atoms with van der Waals surface area (Å²) >= 11 is 0. The second kappa shape index (κ2) is 16.0. The smallest absolute Gasteiger partial charge is 0.412 e. The predicted molar refractivity (Wildman–Crippen MR) is 226 cm³/mol. The highest BCUT2D eigenvalue weighted by molar-refractivity contribution is 5.99. The Kier molecular flexibility index (Phi) is 10.5. The highest BCUT2D eigenvalue weighted by atomic mass is 19.1. The van der Waals surface area contributed by atoms with Gasteiger partial charge in [-0.05, 0) is 81.9 Å². The minimum absolute atomic E-state index is 0.00914. The maximum atomic E-state index is 16.3. The Morgan fingerprint density at radius 1 is 0.730 bits per heavy atom. The number of aromatic nitrogens is 2. The van der Waals surface area contributed by atoms with Crippen molar-refractivity contribution in [3.05, 3.63) is 74.8 Å². The molecule has 0 bridgehead atoms. The summed E-state index contributed by atoms with van der Waals surface area (Å²) in [6.45, 7) is 2.34. The minimum Gasteiger partial charge on any atom is -0.492 e. The molecular formula is C45H49F2N6O10. The number of methoxy groups -OCH3 is 2. The lowest BCUT2D eigenvalue weighted by molar-refractivity contribution is -0.0194. The van der Waals surface area contributed by atoms with E-state index in [9.17, 15) is 24.0 Å². The van der Waals surface area contributed by atoms with E-state index in [2.05, 4.69) is 17.2 Å². The Morgan fingerprint density at radius 3 is 1.84 bits per heavy atom. The lowest BCUT2D eigenvalue weighted by atomic mass is 9.92. The van der Waals surface area contributed by atoms with Crippen LogP contribution in [-0.2, 0) is 14.2 Å². The number of fused-ring (bicyclic) bond motifs is 4. The zero-order valence-corrected chi connectivity index (χ0v) is 35.2. The van der Waals surface area contributed by atoms with Gasteiger partial charge in [-0.3, -0.25) is 9.59 Å². The van der Waals surface area contributed by atoms with Gasteiger partial charge < -0.3 is 52.8 Å². The van der Waals surface area contributed by atoms with Gasteiger partial charge in [0.25, 0.3) is 0 Å². The number of halogens is 2. The summed E-state index contributed by atoms with van der Waals surface area (Å²) in [5, 5.41) is 3.51. The Balaban J connectivity index is 0.866. The third kappa shape index (κ3) is 7.00. The normalized spacial score (nSPS) is 23.2. The predicted octanol–water partition coefficient (Wildman–Crippen LogP) is 5.27. The number of hydrogen-bond acceptors (Lipinski definition) is 13. The number of piperidine rings is 2. The lowest BCUT2D eigenvalue weighted by Crippen LogP contribution is -2.48. The van der Waals surface area contributed by atoms with E-state index in [1.165, 1.54) is 32.7 Å². The first-order valence-corrected chi connectivity index (χ1v) is 21.7. The molecule has 333 valence electrons. The largest absolute Gasteiger partial charge is 0.492 e. The Bertz CT molecular complexity index is 2670. The Hall–Kier alpha value is -5.91. The molecule has 2 saturated carbocycles. The molecular weight excluding hydrogens is 823 g/mol. The zero-order chi connectivity index (χ0) is 43.8. The van der Waals surface area contributed by atoms with E-state index in [0.717, 1.165) is 57.6 Å². The van der Waals surface area contributed by atoms with Crippen LogP contribution >= 0.6 is 0 Å². The van der Waals surface area contributed by atoms with Gasteiger partial charge in [0.1, 0.15) is 29.6 Å². The first kappa shape index (κ1) is 41.1. The number of anilines is 2. The van der Waals surface area contributed by atoms with Crippen molar-refractivity contribution < 1.29 is 46.8 Å². The number of benzene rings is 2.